The third-order valence-corrected chi connectivity index (χ3v) is 5.37. The fraction of sp³-hybridized carbons (Fsp3) is 0.136. The molecule has 0 fully saturated rings. The molecule has 2 aromatic carbocycles. The van der Waals surface area contributed by atoms with Gasteiger partial charge >= 0.3 is 6.18 Å². The van der Waals surface area contributed by atoms with E-state index >= 15 is 0 Å². The quantitative estimate of drug-likeness (QED) is 0.292. The fourth-order valence-electron chi connectivity index (χ4n) is 3.04. The number of hydrogen-bond acceptors (Lipinski definition) is 4. The second-order valence-electron chi connectivity index (χ2n) is 6.96. The Bertz CT molecular complexity index is 1290. The molecule has 0 bridgehead atoms. The molecule has 0 N–H and O–H groups in total. The van der Waals surface area contributed by atoms with Crippen LogP contribution in [-0.4, -0.2) is 19.7 Å². The lowest BCUT2D eigenvalue weighted by Crippen LogP contribution is -2.06. The van der Waals surface area contributed by atoms with E-state index in [0.717, 1.165) is 12.1 Å². The molecular formula is C22H14Cl2F4N4O. The first-order valence-corrected chi connectivity index (χ1v) is 10.2. The maximum Gasteiger partial charge on any atom is 0.417 e. The van der Waals surface area contributed by atoms with Gasteiger partial charge in [-0.25, -0.2) is 19.0 Å². The summed E-state index contributed by atoms with van der Waals surface area (Å²) in [5.41, 5.74) is 0.435. The zero-order valence-corrected chi connectivity index (χ0v) is 18.4. The van der Waals surface area contributed by atoms with Gasteiger partial charge < -0.3 is 4.74 Å². The van der Waals surface area contributed by atoms with E-state index < -0.39 is 17.6 Å². The van der Waals surface area contributed by atoms with Crippen LogP contribution in [-0.2, 0) is 19.8 Å². The molecule has 0 aliphatic heterocycles. The Morgan fingerprint density at radius 3 is 2.45 bits per heavy atom. The summed E-state index contributed by atoms with van der Waals surface area (Å²) in [5.74, 6) is 0.0560. The zero-order valence-electron chi connectivity index (χ0n) is 16.9. The largest absolute Gasteiger partial charge is 0.473 e. The minimum absolute atomic E-state index is 0.00756. The van der Waals surface area contributed by atoms with Crippen molar-refractivity contribution in [1.29, 1.82) is 0 Å². The highest BCUT2D eigenvalue weighted by atomic mass is 35.5. The molecule has 2 aromatic heterocycles. The molecule has 2 heterocycles. The van der Waals surface area contributed by atoms with E-state index in [0.29, 0.717) is 28.2 Å². The van der Waals surface area contributed by atoms with Gasteiger partial charge in [0.25, 0.3) is 0 Å². The Hall–Kier alpha value is -3.17. The molecule has 0 unspecified atom stereocenters. The number of ether oxygens (including phenoxy) is 1. The predicted molar refractivity (Wildman–Crippen MR) is 115 cm³/mol. The van der Waals surface area contributed by atoms with Gasteiger partial charge in [0.05, 0.1) is 16.1 Å². The van der Waals surface area contributed by atoms with Crippen LogP contribution in [0.4, 0.5) is 17.6 Å². The Morgan fingerprint density at radius 2 is 1.82 bits per heavy atom. The van der Waals surface area contributed by atoms with Crippen molar-refractivity contribution in [3.05, 3.63) is 81.7 Å². The standard InChI is InChI=1S/C22H14Cl2F4N4O/c1-32-21(30-20(31-32)19-15(23)3-2-4-17(19)25)12-5-6-13(16(24)9-12)11-33-18-8-7-14(10-29-18)22(26,27)28/h2-10H,11H2,1H3. The highest BCUT2D eigenvalue weighted by Gasteiger charge is 2.30. The summed E-state index contributed by atoms with van der Waals surface area (Å²) >= 11 is 12.5. The molecule has 0 saturated heterocycles. The number of rotatable bonds is 5. The number of pyridine rings is 1. The van der Waals surface area contributed by atoms with Crippen molar-refractivity contribution >= 4 is 23.2 Å². The zero-order chi connectivity index (χ0) is 23.8. The highest BCUT2D eigenvalue weighted by Crippen LogP contribution is 2.32. The van der Waals surface area contributed by atoms with Crippen molar-refractivity contribution in [2.45, 2.75) is 12.8 Å². The van der Waals surface area contributed by atoms with Crippen LogP contribution in [0.15, 0.2) is 54.7 Å². The van der Waals surface area contributed by atoms with Crippen LogP contribution in [0.3, 0.4) is 0 Å². The third kappa shape index (κ3) is 4.94. The van der Waals surface area contributed by atoms with Crippen molar-refractivity contribution in [1.82, 2.24) is 19.7 Å². The van der Waals surface area contributed by atoms with E-state index in [1.807, 2.05) is 0 Å². The summed E-state index contributed by atoms with van der Waals surface area (Å²) < 4.78 is 59.1. The van der Waals surface area contributed by atoms with Crippen molar-refractivity contribution in [2.75, 3.05) is 0 Å². The van der Waals surface area contributed by atoms with E-state index in [4.69, 9.17) is 27.9 Å². The Kier molecular flexibility index (Phi) is 6.27. The highest BCUT2D eigenvalue weighted by molar-refractivity contribution is 6.33. The van der Waals surface area contributed by atoms with Crippen LogP contribution >= 0.6 is 23.2 Å². The second-order valence-corrected chi connectivity index (χ2v) is 7.77. The van der Waals surface area contributed by atoms with Gasteiger partial charge in [0.15, 0.2) is 11.6 Å². The maximum absolute atomic E-state index is 14.2. The summed E-state index contributed by atoms with van der Waals surface area (Å²) in [6.07, 6.45) is -3.77. The van der Waals surface area contributed by atoms with Crippen LogP contribution in [0, 0.1) is 5.82 Å². The molecule has 0 atom stereocenters. The van der Waals surface area contributed by atoms with Crippen LogP contribution in [0.25, 0.3) is 22.8 Å². The van der Waals surface area contributed by atoms with Crippen LogP contribution < -0.4 is 4.74 Å². The number of aromatic nitrogens is 4. The first kappa shape index (κ1) is 23.0. The normalized spacial score (nSPS) is 11.6. The number of aryl methyl sites for hydroxylation is 1. The van der Waals surface area contributed by atoms with Crippen LogP contribution in [0.2, 0.25) is 10.0 Å². The van der Waals surface area contributed by atoms with E-state index in [1.165, 1.54) is 16.8 Å². The Balaban J connectivity index is 1.53. The number of hydrogen-bond donors (Lipinski definition) is 0. The van der Waals surface area contributed by atoms with Gasteiger partial charge in [-0.1, -0.05) is 41.4 Å². The molecule has 0 amide bonds. The van der Waals surface area contributed by atoms with Crippen molar-refractivity contribution in [2.24, 2.45) is 7.05 Å². The minimum atomic E-state index is -4.47. The van der Waals surface area contributed by atoms with Crippen molar-refractivity contribution < 1.29 is 22.3 Å². The van der Waals surface area contributed by atoms with Gasteiger partial charge in [0, 0.05) is 35.5 Å². The summed E-state index contributed by atoms with van der Waals surface area (Å²) in [4.78, 5) is 8.06. The summed E-state index contributed by atoms with van der Waals surface area (Å²) in [5, 5.41) is 4.79. The van der Waals surface area contributed by atoms with E-state index in [-0.39, 0.29) is 28.9 Å². The summed E-state index contributed by atoms with van der Waals surface area (Å²) in [6.45, 7) is -0.00756. The molecule has 0 radical (unpaired) electrons. The lowest BCUT2D eigenvalue weighted by molar-refractivity contribution is -0.137. The Morgan fingerprint density at radius 1 is 1.03 bits per heavy atom. The SMILES string of the molecule is Cn1nc(-c2c(F)cccc2Cl)nc1-c1ccc(COc2ccc(C(F)(F)F)cn2)c(Cl)c1. The molecule has 170 valence electrons. The third-order valence-electron chi connectivity index (χ3n) is 4.70. The molecule has 11 heteroatoms. The molecule has 0 spiro atoms. The monoisotopic (exact) mass is 496 g/mol. The van der Waals surface area contributed by atoms with Gasteiger partial charge in [0.2, 0.25) is 5.88 Å². The average Bonchev–Trinajstić information content (AvgIpc) is 3.13. The minimum Gasteiger partial charge on any atom is -0.473 e. The Labute approximate surface area is 195 Å². The van der Waals surface area contributed by atoms with Crippen LogP contribution in [0.1, 0.15) is 11.1 Å². The molecule has 33 heavy (non-hydrogen) atoms. The lowest BCUT2D eigenvalue weighted by atomic mass is 10.1. The van der Waals surface area contributed by atoms with Gasteiger partial charge in [-0.3, -0.25) is 0 Å². The first-order chi connectivity index (χ1) is 15.6. The smallest absolute Gasteiger partial charge is 0.417 e. The molecular weight excluding hydrogens is 483 g/mol. The van der Waals surface area contributed by atoms with E-state index in [9.17, 15) is 17.6 Å². The second kappa shape index (κ2) is 8.99. The van der Waals surface area contributed by atoms with Gasteiger partial charge in [0.1, 0.15) is 12.4 Å². The average molecular weight is 497 g/mol. The van der Waals surface area contributed by atoms with Crippen LogP contribution in [0.5, 0.6) is 5.88 Å². The molecule has 5 nitrogen and oxygen atoms in total. The number of halogens is 6. The molecule has 4 aromatic rings. The maximum atomic E-state index is 14.2. The molecule has 0 aliphatic rings. The van der Waals surface area contributed by atoms with E-state index in [2.05, 4.69) is 15.1 Å². The van der Waals surface area contributed by atoms with Gasteiger partial charge in [-0.15, -0.1) is 0 Å². The molecule has 4 rings (SSSR count). The number of nitrogens with zero attached hydrogens (tertiary/aromatic N) is 4. The molecule has 0 saturated carbocycles. The number of benzene rings is 2. The topological polar surface area (TPSA) is 52.8 Å². The predicted octanol–water partition coefficient (Wildman–Crippen LogP) is 6.59. The van der Waals surface area contributed by atoms with Gasteiger partial charge in [-0.05, 0) is 24.3 Å². The number of alkyl halides is 3. The summed E-state index contributed by atoms with van der Waals surface area (Å²) in [7, 11) is 1.65. The summed E-state index contributed by atoms with van der Waals surface area (Å²) in [6, 6.07) is 11.4. The first-order valence-electron chi connectivity index (χ1n) is 9.44. The van der Waals surface area contributed by atoms with Crippen molar-refractivity contribution in [3.63, 3.8) is 0 Å². The molecule has 0 aliphatic carbocycles. The fourth-order valence-corrected chi connectivity index (χ4v) is 3.52. The lowest BCUT2D eigenvalue weighted by Gasteiger charge is -2.10. The van der Waals surface area contributed by atoms with Gasteiger partial charge in [-0.2, -0.15) is 18.3 Å². The van der Waals surface area contributed by atoms with Crippen molar-refractivity contribution in [3.8, 4) is 28.7 Å². The van der Waals surface area contributed by atoms with E-state index in [1.54, 1.807) is 31.3 Å².